The Morgan fingerprint density at radius 3 is 1.21 bits per heavy atom. The molecule has 0 aliphatic carbocycles. The summed E-state index contributed by atoms with van der Waals surface area (Å²) in [5.74, 6) is 1.06. The van der Waals surface area contributed by atoms with E-state index in [9.17, 15) is 17.6 Å². The van der Waals surface area contributed by atoms with E-state index in [-0.39, 0.29) is 11.4 Å². The molecule has 0 bridgehead atoms. The van der Waals surface area contributed by atoms with Crippen molar-refractivity contribution in [2.24, 2.45) is 25.6 Å². The topological polar surface area (TPSA) is 87.7 Å². The number of nitrogens with zero attached hydrogens (tertiary/aromatic N) is 4. The van der Waals surface area contributed by atoms with Crippen LogP contribution in [-0.4, -0.2) is 19.1 Å². The van der Waals surface area contributed by atoms with Crippen LogP contribution in [0.4, 0.5) is 17.6 Å². The Hall–Kier alpha value is -3.50. The molecule has 4 aromatic rings. The summed E-state index contributed by atoms with van der Waals surface area (Å²) < 4.78 is 53.2. The lowest BCUT2D eigenvalue weighted by Gasteiger charge is -2.02. The van der Waals surface area contributed by atoms with Crippen molar-refractivity contribution in [3.8, 4) is 22.8 Å². The number of imidazole rings is 2. The van der Waals surface area contributed by atoms with Crippen LogP contribution in [0.25, 0.3) is 22.8 Å². The molecule has 10 heteroatoms. The molecular formula is C24H26F4N6. The van der Waals surface area contributed by atoms with Crippen LogP contribution < -0.4 is 11.5 Å². The Morgan fingerprint density at radius 1 is 0.647 bits per heavy atom. The maximum Gasteiger partial charge on any atom is 0.281 e. The number of hydrogen-bond donors (Lipinski definition) is 2. The summed E-state index contributed by atoms with van der Waals surface area (Å²) in [4.78, 5) is 7.83. The van der Waals surface area contributed by atoms with Crippen LogP contribution in [0.2, 0.25) is 0 Å². The van der Waals surface area contributed by atoms with Crippen molar-refractivity contribution in [2.45, 2.75) is 25.9 Å². The first-order valence-electron chi connectivity index (χ1n) is 10.4. The number of hydrogen-bond acceptors (Lipinski definition) is 4. The zero-order chi connectivity index (χ0) is 24.8. The Labute approximate surface area is 194 Å². The van der Waals surface area contributed by atoms with E-state index in [0.29, 0.717) is 24.7 Å². The molecule has 0 atom stereocenters. The molecule has 0 aliphatic heterocycles. The van der Waals surface area contributed by atoms with E-state index in [4.69, 9.17) is 11.5 Å². The third-order valence-corrected chi connectivity index (χ3v) is 5.13. The summed E-state index contributed by atoms with van der Waals surface area (Å²) in [5.41, 5.74) is 14.2. The fraction of sp³-hybridized carbons (Fsp3) is 0.250. The number of aromatic nitrogens is 4. The fourth-order valence-corrected chi connectivity index (χ4v) is 3.31. The van der Waals surface area contributed by atoms with Crippen LogP contribution >= 0.6 is 0 Å². The summed E-state index contributed by atoms with van der Waals surface area (Å²) in [7, 11) is 3.40. The minimum absolute atomic E-state index is 0.203. The highest BCUT2D eigenvalue weighted by molar-refractivity contribution is 5.57. The predicted octanol–water partition coefficient (Wildman–Crippen LogP) is 4.97. The van der Waals surface area contributed by atoms with Gasteiger partial charge in [-0.1, -0.05) is 48.5 Å². The molecule has 0 aliphatic rings. The highest BCUT2D eigenvalue weighted by atomic mass is 19.3. The van der Waals surface area contributed by atoms with Gasteiger partial charge >= 0.3 is 0 Å². The third-order valence-electron chi connectivity index (χ3n) is 5.13. The number of halogens is 4. The van der Waals surface area contributed by atoms with E-state index in [1.54, 1.807) is 23.2 Å². The maximum atomic E-state index is 12.5. The normalized spacial score (nSPS) is 11.1. The fourth-order valence-electron chi connectivity index (χ4n) is 3.31. The second-order valence-electron chi connectivity index (χ2n) is 7.60. The standard InChI is InChI=1S/2C12H13F2N3/c2*1-17-7-10(11(13)14)16-12(17)9-4-2-8(6-15)3-5-9/h2*2-5,7,11H,6,15H2,1H3. The first-order chi connectivity index (χ1) is 16.2. The van der Waals surface area contributed by atoms with Crippen LogP contribution in [0.5, 0.6) is 0 Å². The van der Waals surface area contributed by atoms with Gasteiger partial charge in [-0.2, -0.15) is 0 Å². The zero-order valence-corrected chi connectivity index (χ0v) is 18.8. The van der Waals surface area contributed by atoms with Crippen LogP contribution in [0.15, 0.2) is 60.9 Å². The molecule has 2 heterocycles. The van der Waals surface area contributed by atoms with Gasteiger partial charge in [-0.3, -0.25) is 0 Å². The lowest BCUT2D eigenvalue weighted by Crippen LogP contribution is -1.96. The SMILES string of the molecule is Cn1cc(C(F)F)nc1-c1ccc(CN)cc1.Cn1cc(C(F)F)nc1-c1ccc(CN)cc1. The maximum absolute atomic E-state index is 12.5. The molecule has 2 aromatic heterocycles. The lowest BCUT2D eigenvalue weighted by molar-refractivity contribution is 0.146. The molecule has 2 aromatic carbocycles. The molecule has 34 heavy (non-hydrogen) atoms. The van der Waals surface area contributed by atoms with Gasteiger partial charge in [0.2, 0.25) is 0 Å². The number of alkyl halides is 4. The van der Waals surface area contributed by atoms with Gasteiger partial charge in [-0.15, -0.1) is 0 Å². The summed E-state index contributed by atoms with van der Waals surface area (Å²) in [5, 5.41) is 0. The molecule has 0 fully saturated rings. The van der Waals surface area contributed by atoms with Crippen molar-refractivity contribution in [3.63, 3.8) is 0 Å². The molecule has 0 amide bonds. The second kappa shape index (κ2) is 11.1. The Bertz CT molecular complexity index is 1100. The molecule has 4 N–H and O–H groups in total. The average Bonchev–Trinajstić information content (AvgIpc) is 3.43. The molecule has 0 radical (unpaired) electrons. The molecule has 0 spiro atoms. The van der Waals surface area contributed by atoms with Crippen LogP contribution in [-0.2, 0) is 27.2 Å². The summed E-state index contributed by atoms with van der Waals surface area (Å²) in [6.45, 7) is 0.923. The molecule has 4 rings (SSSR count). The quantitative estimate of drug-likeness (QED) is 0.387. The minimum atomic E-state index is -2.54. The van der Waals surface area contributed by atoms with Gasteiger partial charge in [0.05, 0.1) is 0 Å². The molecule has 0 saturated heterocycles. The minimum Gasteiger partial charge on any atom is -0.334 e. The zero-order valence-electron chi connectivity index (χ0n) is 18.8. The van der Waals surface area contributed by atoms with Crippen LogP contribution in [0, 0.1) is 0 Å². The average molecular weight is 475 g/mol. The van der Waals surface area contributed by atoms with Gasteiger partial charge in [0.25, 0.3) is 12.9 Å². The smallest absolute Gasteiger partial charge is 0.281 e. The predicted molar refractivity (Wildman–Crippen MR) is 123 cm³/mol. The molecule has 0 unspecified atom stereocenters. The van der Waals surface area contributed by atoms with E-state index in [1.165, 1.54) is 12.4 Å². The van der Waals surface area contributed by atoms with E-state index < -0.39 is 12.9 Å². The van der Waals surface area contributed by atoms with Crippen LogP contribution in [0.3, 0.4) is 0 Å². The van der Waals surface area contributed by atoms with E-state index in [0.717, 1.165) is 22.3 Å². The van der Waals surface area contributed by atoms with Gasteiger partial charge in [0, 0.05) is 50.7 Å². The molecule has 6 nitrogen and oxygen atoms in total. The van der Waals surface area contributed by atoms with E-state index in [2.05, 4.69) is 9.97 Å². The summed E-state index contributed by atoms with van der Waals surface area (Å²) >= 11 is 0. The van der Waals surface area contributed by atoms with Crippen molar-refractivity contribution < 1.29 is 17.6 Å². The summed E-state index contributed by atoms with van der Waals surface area (Å²) in [6, 6.07) is 14.8. The Balaban J connectivity index is 0.000000191. The highest BCUT2D eigenvalue weighted by Gasteiger charge is 2.15. The first-order valence-corrected chi connectivity index (χ1v) is 10.4. The van der Waals surface area contributed by atoms with Gasteiger partial charge in [0.1, 0.15) is 23.0 Å². The monoisotopic (exact) mass is 474 g/mol. The number of rotatable bonds is 6. The van der Waals surface area contributed by atoms with E-state index in [1.807, 2.05) is 48.5 Å². The summed E-state index contributed by atoms with van der Waals surface area (Å²) in [6.07, 6.45) is -2.40. The third kappa shape index (κ3) is 5.89. The number of aryl methyl sites for hydroxylation is 2. The van der Waals surface area contributed by atoms with Gasteiger partial charge in [-0.25, -0.2) is 27.5 Å². The van der Waals surface area contributed by atoms with Crippen molar-refractivity contribution in [1.82, 2.24) is 19.1 Å². The highest BCUT2D eigenvalue weighted by Crippen LogP contribution is 2.25. The van der Waals surface area contributed by atoms with Gasteiger partial charge in [0.15, 0.2) is 0 Å². The Morgan fingerprint density at radius 2 is 0.971 bits per heavy atom. The van der Waals surface area contributed by atoms with Gasteiger partial charge < -0.3 is 20.6 Å². The number of nitrogens with two attached hydrogens (primary N) is 2. The van der Waals surface area contributed by atoms with Crippen LogP contribution in [0.1, 0.15) is 35.4 Å². The largest absolute Gasteiger partial charge is 0.334 e. The molecule has 0 saturated carbocycles. The van der Waals surface area contributed by atoms with Crippen molar-refractivity contribution in [2.75, 3.05) is 0 Å². The Kier molecular flexibility index (Phi) is 8.19. The van der Waals surface area contributed by atoms with Crippen molar-refractivity contribution in [1.29, 1.82) is 0 Å². The molecule has 180 valence electrons. The van der Waals surface area contributed by atoms with Gasteiger partial charge in [-0.05, 0) is 11.1 Å². The molecular weight excluding hydrogens is 448 g/mol. The second-order valence-corrected chi connectivity index (χ2v) is 7.60. The lowest BCUT2D eigenvalue weighted by atomic mass is 10.1. The first kappa shape index (κ1) is 25.1. The van der Waals surface area contributed by atoms with E-state index >= 15 is 0 Å². The number of benzene rings is 2. The van der Waals surface area contributed by atoms with Crippen molar-refractivity contribution >= 4 is 0 Å². The van der Waals surface area contributed by atoms with Crippen molar-refractivity contribution in [3.05, 3.63) is 83.4 Å².